The normalized spacial score (nSPS) is 15.0. The molecule has 1 atom stereocenters. The van der Waals surface area contributed by atoms with Crippen LogP contribution in [0.4, 0.5) is 0 Å². The van der Waals surface area contributed by atoms with E-state index in [2.05, 4.69) is 48.6 Å². The summed E-state index contributed by atoms with van der Waals surface area (Å²) in [6, 6.07) is 0. The summed E-state index contributed by atoms with van der Waals surface area (Å²) in [7, 11) is 3.91. The van der Waals surface area contributed by atoms with Crippen molar-refractivity contribution < 1.29 is 4.74 Å². The molecule has 80 valence electrons. The summed E-state index contributed by atoms with van der Waals surface area (Å²) in [6.07, 6.45) is 1.07. The Bertz CT molecular complexity index is 137. The lowest BCUT2D eigenvalue weighted by Gasteiger charge is -2.26. The zero-order chi connectivity index (χ0) is 10.5. The van der Waals surface area contributed by atoms with Crippen LogP contribution in [0.5, 0.6) is 0 Å². The molecule has 0 saturated heterocycles. The van der Waals surface area contributed by atoms with E-state index in [0.29, 0.717) is 4.83 Å². The first-order valence-corrected chi connectivity index (χ1v) is 5.67. The molecule has 0 radical (unpaired) electrons. The quantitative estimate of drug-likeness (QED) is 0.673. The first kappa shape index (κ1) is 13.4. The van der Waals surface area contributed by atoms with Gasteiger partial charge in [0.1, 0.15) is 0 Å². The van der Waals surface area contributed by atoms with E-state index in [1.807, 2.05) is 0 Å². The lowest BCUT2D eigenvalue weighted by molar-refractivity contribution is 0.00925. The maximum absolute atomic E-state index is 5.35. The van der Waals surface area contributed by atoms with Gasteiger partial charge in [-0.15, -0.1) is 0 Å². The highest BCUT2D eigenvalue weighted by Crippen LogP contribution is 2.13. The Morgan fingerprint density at radius 2 is 2.00 bits per heavy atom. The number of alkyl halides is 1. The van der Waals surface area contributed by atoms with Crippen molar-refractivity contribution in [2.45, 2.75) is 37.6 Å². The molecular weight excluding hydrogens is 230 g/mol. The van der Waals surface area contributed by atoms with Crippen LogP contribution in [0.3, 0.4) is 0 Å². The summed E-state index contributed by atoms with van der Waals surface area (Å²) in [5.74, 6) is 0. The van der Waals surface area contributed by atoms with Crippen LogP contribution in [-0.4, -0.2) is 42.6 Å². The number of nitrogens with zero attached hydrogens (tertiary/aromatic N) is 1. The molecule has 0 fully saturated rings. The van der Waals surface area contributed by atoms with Crippen molar-refractivity contribution >= 4 is 15.9 Å². The molecule has 0 aliphatic heterocycles. The summed E-state index contributed by atoms with van der Waals surface area (Å²) >= 11 is 3.54. The van der Waals surface area contributed by atoms with Crippen LogP contribution >= 0.6 is 15.9 Å². The van der Waals surface area contributed by atoms with Crippen molar-refractivity contribution in [2.24, 2.45) is 0 Å². The van der Waals surface area contributed by atoms with Gasteiger partial charge in [0.05, 0.1) is 5.60 Å². The van der Waals surface area contributed by atoms with E-state index in [9.17, 15) is 0 Å². The molecule has 0 aliphatic carbocycles. The number of rotatable bonds is 6. The minimum Gasteiger partial charge on any atom is -0.379 e. The first-order valence-electron chi connectivity index (χ1n) is 4.75. The Kier molecular flexibility index (Phi) is 6.18. The van der Waals surface area contributed by atoms with Crippen LogP contribution < -0.4 is 0 Å². The summed E-state index contributed by atoms with van der Waals surface area (Å²) in [5, 5.41) is 0. The molecule has 0 aromatic rings. The van der Waals surface area contributed by atoms with Gasteiger partial charge in [-0.1, -0.05) is 22.9 Å². The van der Waals surface area contributed by atoms with Crippen molar-refractivity contribution in [1.82, 2.24) is 4.90 Å². The van der Waals surface area contributed by atoms with Crippen LogP contribution in [0, 0.1) is 0 Å². The van der Waals surface area contributed by atoms with Gasteiger partial charge < -0.3 is 9.64 Å². The minimum atomic E-state index is 0.00378. The summed E-state index contributed by atoms with van der Waals surface area (Å²) in [5.41, 5.74) is 0.00378. The predicted molar refractivity (Wildman–Crippen MR) is 61.6 cm³/mol. The Morgan fingerprint density at radius 1 is 1.46 bits per heavy atom. The molecule has 13 heavy (non-hydrogen) atoms. The Labute approximate surface area is 90.8 Å². The van der Waals surface area contributed by atoms with Crippen LogP contribution in [0.15, 0.2) is 0 Å². The van der Waals surface area contributed by atoms with Crippen molar-refractivity contribution in [2.75, 3.05) is 27.2 Å². The lowest BCUT2D eigenvalue weighted by atomic mass is 10.1. The van der Waals surface area contributed by atoms with Gasteiger partial charge in [0, 0.05) is 25.0 Å². The average Bonchev–Trinajstić information content (AvgIpc) is 2.00. The van der Waals surface area contributed by atoms with Gasteiger partial charge in [-0.05, 0) is 27.3 Å². The Balaban J connectivity index is 3.63. The third kappa shape index (κ3) is 7.47. The molecule has 0 aromatic carbocycles. The fourth-order valence-corrected chi connectivity index (χ4v) is 1.58. The molecule has 3 heteroatoms. The van der Waals surface area contributed by atoms with Gasteiger partial charge in [0.25, 0.3) is 0 Å². The molecular formula is C10H22BrNO. The second kappa shape index (κ2) is 5.99. The van der Waals surface area contributed by atoms with Crippen molar-refractivity contribution in [3.63, 3.8) is 0 Å². The van der Waals surface area contributed by atoms with Crippen LogP contribution in [0.2, 0.25) is 0 Å². The number of halogens is 1. The predicted octanol–water partition coefficient (Wildman–Crippen LogP) is 2.52. The molecule has 0 aromatic heterocycles. The van der Waals surface area contributed by atoms with E-state index in [0.717, 1.165) is 19.5 Å². The highest BCUT2D eigenvalue weighted by molar-refractivity contribution is 9.09. The molecule has 0 aliphatic rings. The summed E-state index contributed by atoms with van der Waals surface area (Å²) < 4.78 is 5.35. The van der Waals surface area contributed by atoms with Gasteiger partial charge in [-0.2, -0.15) is 0 Å². The van der Waals surface area contributed by atoms with Crippen molar-refractivity contribution in [3.8, 4) is 0 Å². The van der Waals surface area contributed by atoms with Gasteiger partial charge in [-0.25, -0.2) is 0 Å². The maximum atomic E-state index is 5.35. The standard InChI is InChI=1S/C10H22BrNO/c1-9(11)8-12(4)7-6-10(2,3)13-5/h9H,6-8H2,1-5H3. The van der Waals surface area contributed by atoms with Gasteiger partial charge >= 0.3 is 0 Å². The van der Waals surface area contributed by atoms with Crippen molar-refractivity contribution in [3.05, 3.63) is 0 Å². The van der Waals surface area contributed by atoms with E-state index < -0.39 is 0 Å². The zero-order valence-electron chi connectivity index (χ0n) is 9.43. The van der Waals surface area contributed by atoms with E-state index in [4.69, 9.17) is 4.74 Å². The maximum Gasteiger partial charge on any atom is 0.0634 e. The van der Waals surface area contributed by atoms with Crippen molar-refractivity contribution in [1.29, 1.82) is 0 Å². The van der Waals surface area contributed by atoms with Gasteiger partial charge in [-0.3, -0.25) is 0 Å². The lowest BCUT2D eigenvalue weighted by Crippen LogP contribution is -2.32. The number of hydrogen-bond donors (Lipinski definition) is 0. The SMILES string of the molecule is COC(C)(C)CCN(C)CC(C)Br. The minimum absolute atomic E-state index is 0.00378. The summed E-state index contributed by atoms with van der Waals surface area (Å²) in [4.78, 5) is 2.88. The number of ether oxygens (including phenoxy) is 1. The Hall–Kier alpha value is 0.400. The van der Waals surface area contributed by atoms with E-state index in [1.54, 1.807) is 7.11 Å². The molecule has 0 saturated carbocycles. The fraction of sp³-hybridized carbons (Fsp3) is 1.00. The van der Waals surface area contributed by atoms with Crippen LogP contribution in [0.1, 0.15) is 27.2 Å². The molecule has 0 amide bonds. The van der Waals surface area contributed by atoms with Crippen LogP contribution in [-0.2, 0) is 4.74 Å². The highest BCUT2D eigenvalue weighted by atomic mass is 79.9. The molecule has 2 nitrogen and oxygen atoms in total. The van der Waals surface area contributed by atoms with E-state index in [1.165, 1.54) is 0 Å². The van der Waals surface area contributed by atoms with E-state index in [-0.39, 0.29) is 5.60 Å². The molecule has 0 N–H and O–H groups in total. The number of methoxy groups -OCH3 is 1. The molecule has 0 spiro atoms. The highest BCUT2D eigenvalue weighted by Gasteiger charge is 2.16. The van der Waals surface area contributed by atoms with Gasteiger partial charge in [0.15, 0.2) is 0 Å². The van der Waals surface area contributed by atoms with E-state index >= 15 is 0 Å². The topological polar surface area (TPSA) is 12.5 Å². The first-order chi connectivity index (χ1) is 5.87. The smallest absolute Gasteiger partial charge is 0.0634 e. The molecule has 0 bridgehead atoms. The number of hydrogen-bond acceptors (Lipinski definition) is 2. The zero-order valence-corrected chi connectivity index (χ0v) is 11.0. The summed E-state index contributed by atoms with van der Waals surface area (Å²) in [6.45, 7) is 8.57. The molecule has 1 unspecified atom stereocenters. The molecule has 0 rings (SSSR count). The average molecular weight is 252 g/mol. The third-order valence-electron chi connectivity index (χ3n) is 2.21. The second-order valence-corrected chi connectivity index (χ2v) is 5.82. The van der Waals surface area contributed by atoms with Crippen LogP contribution in [0.25, 0.3) is 0 Å². The fourth-order valence-electron chi connectivity index (χ4n) is 1.08. The second-order valence-electron chi connectivity index (χ2n) is 4.26. The monoisotopic (exact) mass is 251 g/mol. The molecule has 0 heterocycles. The van der Waals surface area contributed by atoms with Gasteiger partial charge in [0.2, 0.25) is 0 Å². The largest absolute Gasteiger partial charge is 0.379 e. The third-order valence-corrected chi connectivity index (χ3v) is 2.50. The Morgan fingerprint density at radius 3 is 2.38 bits per heavy atom.